The monoisotopic (exact) mass is 300 g/mol. The van der Waals surface area contributed by atoms with Crippen molar-refractivity contribution in [2.75, 3.05) is 13.2 Å². The maximum absolute atomic E-state index is 12.2. The molecule has 0 bridgehead atoms. The van der Waals surface area contributed by atoms with Crippen molar-refractivity contribution >= 4 is 5.97 Å². The fraction of sp³-hybridized carbons (Fsp3) is 0.526. The molecule has 22 heavy (non-hydrogen) atoms. The average Bonchev–Trinajstić information content (AvgIpc) is 2.78. The van der Waals surface area contributed by atoms with Gasteiger partial charge in [-0.25, -0.2) is 4.79 Å². The molecule has 0 radical (unpaired) electrons. The quantitative estimate of drug-likeness (QED) is 0.615. The van der Waals surface area contributed by atoms with Crippen LogP contribution in [0.25, 0.3) is 0 Å². The van der Waals surface area contributed by atoms with Gasteiger partial charge in [-0.1, -0.05) is 37.8 Å². The van der Waals surface area contributed by atoms with Gasteiger partial charge in [0.1, 0.15) is 6.10 Å². The van der Waals surface area contributed by atoms with Gasteiger partial charge in [0, 0.05) is 17.6 Å². The van der Waals surface area contributed by atoms with Crippen molar-refractivity contribution in [2.24, 2.45) is 11.3 Å². The first kappa shape index (κ1) is 15.3. The third kappa shape index (κ3) is 2.48. The summed E-state index contributed by atoms with van der Waals surface area (Å²) in [6.45, 7) is 9.04. The number of fused-ring (bicyclic) bond motifs is 1. The number of carbonyl (C=O) groups excluding carboxylic acids is 1. The second kappa shape index (κ2) is 5.88. The number of benzene rings is 1. The van der Waals surface area contributed by atoms with Gasteiger partial charge in [0.2, 0.25) is 0 Å². The Morgan fingerprint density at radius 1 is 1.41 bits per heavy atom. The van der Waals surface area contributed by atoms with Gasteiger partial charge in [0.05, 0.1) is 6.61 Å². The number of hydrogen-bond acceptors (Lipinski definition) is 3. The van der Waals surface area contributed by atoms with E-state index in [0.717, 1.165) is 31.4 Å². The molecule has 1 fully saturated rings. The van der Waals surface area contributed by atoms with Crippen molar-refractivity contribution in [3.8, 4) is 0 Å². The molecule has 1 aromatic carbocycles. The highest BCUT2D eigenvalue weighted by molar-refractivity contribution is 5.87. The number of aryl methyl sites for hydroxylation is 1. The van der Waals surface area contributed by atoms with E-state index in [0.29, 0.717) is 18.1 Å². The summed E-state index contributed by atoms with van der Waals surface area (Å²) in [5.41, 5.74) is 2.77. The molecule has 3 heteroatoms. The minimum atomic E-state index is -0.305. The molecule has 118 valence electrons. The Balaban J connectivity index is 2.06. The third-order valence-electron chi connectivity index (χ3n) is 5.24. The number of hydrogen-bond donors (Lipinski definition) is 0. The first-order valence-corrected chi connectivity index (χ1v) is 8.06. The predicted octanol–water partition coefficient (Wildman–Crippen LogP) is 3.84. The minimum Gasteiger partial charge on any atom is -0.453 e. The van der Waals surface area contributed by atoms with Crippen LogP contribution in [0.1, 0.15) is 43.9 Å². The van der Waals surface area contributed by atoms with E-state index in [-0.39, 0.29) is 17.5 Å². The number of carbonyl (C=O) groups is 1. The molecule has 1 aliphatic heterocycles. The van der Waals surface area contributed by atoms with Crippen LogP contribution >= 0.6 is 0 Å². The lowest BCUT2D eigenvalue weighted by atomic mass is 9.70. The predicted molar refractivity (Wildman–Crippen MR) is 85.4 cm³/mol. The Morgan fingerprint density at radius 3 is 2.86 bits per heavy atom. The lowest BCUT2D eigenvalue weighted by Gasteiger charge is -2.38. The van der Waals surface area contributed by atoms with Crippen LogP contribution in [-0.2, 0) is 20.7 Å². The number of esters is 1. The molecule has 1 heterocycles. The first-order valence-electron chi connectivity index (χ1n) is 8.06. The zero-order chi connectivity index (χ0) is 15.7. The molecule has 3 unspecified atom stereocenters. The van der Waals surface area contributed by atoms with E-state index in [1.54, 1.807) is 6.92 Å². The van der Waals surface area contributed by atoms with Crippen molar-refractivity contribution in [2.45, 2.75) is 39.2 Å². The van der Waals surface area contributed by atoms with Crippen LogP contribution in [0.15, 0.2) is 36.4 Å². The summed E-state index contributed by atoms with van der Waals surface area (Å²) in [4.78, 5) is 12.2. The van der Waals surface area contributed by atoms with Gasteiger partial charge in [-0.15, -0.1) is 0 Å². The Kier molecular flexibility index (Phi) is 4.09. The highest BCUT2D eigenvalue weighted by atomic mass is 16.5. The smallest absolute Gasteiger partial charge is 0.333 e. The summed E-state index contributed by atoms with van der Waals surface area (Å²) in [5.74, 6) is 0.0711. The van der Waals surface area contributed by atoms with Gasteiger partial charge >= 0.3 is 5.97 Å². The van der Waals surface area contributed by atoms with E-state index in [4.69, 9.17) is 9.47 Å². The molecule has 3 atom stereocenters. The normalized spacial score (nSPS) is 30.6. The minimum absolute atomic E-state index is 0.113. The maximum atomic E-state index is 12.2. The Hall–Kier alpha value is -1.61. The fourth-order valence-electron chi connectivity index (χ4n) is 3.84. The summed E-state index contributed by atoms with van der Waals surface area (Å²) in [6.07, 6.45) is 2.92. The van der Waals surface area contributed by atoms with E-state index in [2.05, 4.69) is 31.7 Å². The lowest BCUT2D eigenvalue weighted by Crippen LogP contribution is -2.37. The van der Waals surface area contributed by atoms with Crippen LogP contribution in [0.5, 0.6) is 0 Å². The number of rotatable bonds is 2. The summed E-state index contributed by atoms with van der Waals surface area (Å²) in [6, 6.07) is 8.34. The zero-order valence-corrected chi connectivity index (χ0v) is 13.4. The van der Waals surface area contributed by atoms with Gasteiger partial charge < -0.3 is 9.47 Å². The molecule has 0 saturated carbocycles. The van der Waals surface area contributed by atoms with E-state index in [1.807, 2.05) is 6.07 Å². The molecule has 3 rings (SSSR count). The standard InChI is InChI=1S/C19H24O3/c1-13(2)18(20)22-17-16-9-5-4-7-15(16)8-6-10-19(17)12-21-11-14(19)3/h4-5,7,9,14,17H,1,6,8,10-12H2,2-3H3. The zero-order valence-electron chi connectivity index (χ0n) is 13.4. The van der Waals surface area contributed by atoms with Crippen LogP contribution in [0, 0.1) is 11.3 Å². The maximum Gasteiger partial charge on any atom is 0.333 e. The van der Waals surface area contributed by atoms with E-state index in [9.17, 15) is 4.79 Å². The second-order valence-electron chi connectivity index (χ2n) is 6.77. The van der Waals surface area contributed by atoms with Crippen molar-refractivity contribution < 1.29 is 14.3 Å². The van der Waals surface area contributed by atoms with Crippen LogP contribution in [0.4, 0.5) is 0 Å². The molecule has 3 nitrogen and oxygen atoms in total. The topological polar surface area (TPSA) is 35.5 Å². The van der Waals surface area contributed by atoms with Gasteiger partial charge in [-0.05, 0) is 43.2 Å². The molecule has 1 aromatic rings. The molecule has 0 amide bonds. The summed E-state index contributed by atoms with van der Waals surface area (Å²) < 4.78 is 11.7. The lowest BCUT2D eigenvalue weighted by molar-refractivity contribution is -0.154. The van der Waals surface area contributed by atoms with Crippen LogP contribution in [-0.4, -0.2) is 19.2 Å². The Morgan fingerprint density at radius 2 is 2.18 bits per heavy atom. The van der Waals surface area contributed by atoms with E-state index >= 15 is 0 Å². The third-order valence-corrected chi connectivity index (χ3v) is 5.24. The van der Waals surface area contributed by atoms with Gasteiger partial charge in [-0.3, -0.25) is 0 Å². The highest BCUT2D eigenvalue weighted by Crippen LogP contribution is 2.52. The Labute approximate surface area is 132 Å². The molecular formula is C19H24O3. The van der Waals surface area contributed by atoms with Gasteiger partial charge in [0.25, 0.3) is 0 Å². The van der Waals surface area contributed by atoms with Gasteiger partial charge in [0.15, 0.2) is 0 Å². The molecule has 0 aromatic heterocycles. The highest BCUT2D eigenvalue weighted by Gasteiger charge is 2.51. The SMILES string of the molecule is C=C(C)C(=O)OC1c2ccccc2CCCC12COCC2C. The van der Waals surface area contributed by atoms with Crippen molar-refractivity contribution in [3.05, 3.63) is 47.5 Å². The van der Waals surface area contributed by atoms with Crippen molar-refractivity contribution in [1.29, 1.82) is 0 Å². The number of ether oxygens (including phenoxy) is 2. The molecule has 2 aliphatic rings. The van der Waals surface area contributed by atoms with Crippen LogP contribution in [0.3, 0.4) is 0 Å². The van der Waals surface area contributed by atoms with Crippen LogP contribution < -0.4 is 0 Å². The Bertz CT molecular complexity index is 592. The molecular weight excluding hydrogens is 276 g/mol. The summed E-state index contributed by atoms with van der Waals surface area (Å²) in [5, 5.41) is 0. The van der Waals surface area contributed by atoms with E-state index < -0.39 is 0 Å². The van der Waals surface area contributed by atoms with E-state index in [1.165, 1.54) is 5.56 Å². The van der Waals surface area contributed by atoms with Crippen LogP contribution in [0.2, 0.25) is 0 Å². The summed E-state index contributed by atoms with van der Waals surface area (Å²) in [7, 11) is 0. The second-order valence-corrected chi connectivity index (χ2v) is 6.77. The molecule has 1 saturated heterocycles. The first-order chi connectivity index (χ1) is 10.5. The van der Waals surface area contributed by atoms with Gasteiger partial charge in [-0.2, -0.15) is 0 Å². The summed E-state index contributed by atoms with van der Waals surface area (Å²) >= 11 is 0. The molecule has 1 spiro atoms. The van der Waals surface area contributed by atoms with Crippen molar-refractivity contribution in [3.63, 3.8) is 0 Å². The fourth-order valence-corrected chi connectivity index (χ4v) is 3.84. The average molecular weight is 300 g/mol. The largest absolute Gasteiger partial charge is 0.453 e. The molecule has 0 N–H and O–H groups in total. The van der Waals surface area contributed by atoms with Crippen molar-refractivity contribution in [1.82, 2.24) is 0 Å². The molecule has 1 aliphatic carbocycles.